The lowest BCUT2D eigenvalue weighted by molar-refractivity contribution is 0.886. The maximum atomic E-state index is 5.76. The van der Waals surface area contributed by atoms with E-state index >= 15 is 0 Å². The molecule has 2 nitrogen and oxygen atoms in total. The van der Waals surface area contributed by atoms with Crippen molar-refractivity contribution in [2.45, 2.75) is 35.8 Å². The molecule has 0 atom stereocenters. The third kappa shape index (κ3) is 2.15. The number of hydrogen-bond acceptors (Lipinski definition) is 3. The van der Waals surface area contributed by atoms with Gasteiger partial charge >= 0.3 is 0 Å². The lowest BCUT2D eigenvalue weighted by Gasteiger charge is -2.09. The highest BCUT2D eigenvalue weighted by atomic mass is 32.2. The van der Waals surface area contributed by atoms with Gasteiger partial charge in [-0.15, -0.1) is 11.8 Å². The highest BCUT2D eigenvalue weighted by Crippen LogP contribution is 2.35. The van der Waals surface area contributed by atoms with Crippen LogP contribution in [0.25, 0.3) is 0 Å². The van der Waals surface area contributed by atoms with Crippen molar-refractivity contribution in [2.24, 2.45) is 0 Å². The Morgan fingerprint density at radius 3 is 2.43 bits per heavy atom. The molecule has 14 heavy (non-hydrogen) atoms. The molecule has 0 radical (unpaired) electrons. The summed E-state index contributed by atoms with van der Waals surface area (Å²) in [5.74, 6) is 0. The third-order valence-corrected chi connectivity index (χ3v) is 3.99. The van der Waals surface area contributed by atoms with Crippen molar-refractivity contribution < 1.29 is 0 Å². The summed E-state index contributed by atoms with van der Waals surface area (Å²) >= 11 is 1.94. The summed E-state index contributed by atoms with van der Waals surface area (Å²) < 4.78 is 0. The number of benzene rings is 1. The van der Waals surface area contributed by atoms with Crippen molar-refractivity contribution in [3.05, 3.63) is 18.2 Å². The quantitative estimate of drug-likeness (QED) is 0.735. The van der Waals surface area contributed by atoms with Crippen molar-refractivity contribution in [3.8, 4) is 0 Å². The zero-order valence-corrected chi connectivity index (χ0v) is 9.02. The molecule has 76 valence electrons. The van der Waals surface area contributed by atoms with Crippen LogP contribution < -0.4 is 11.5 Å². The van der Waals surface area contributed by atoms with Gasteiger partial charge in [-0.2, -0.15) is 0 Å². The minimum Gasteiger partial charge on any atom is -0.397 e. The van der Waals surface area contributed by atoms with Crippen LogP contribution in [-0.2, 0) is 0 Å². The lowest BCUT2D eigenvalue weighted by atomic mass is 10.3. The van der Waals surface area contributed by atoms with E-state index in [1.54, 1.807) is 0 Å². The molecule has 0 aliphatic heterocycles. The molecule has 0 saturated heterocycles. The van der Waals surface area contributed by atoms with Gasteiger partial charge in [-0.1, -0.05) is 12.8 Å². The number of nitrogen functional groups attached to an aromatic ring is 2. The maximum absolute atomic E-state index is 5.76. The van der Waals surface area contributed by atoms with E-state index in [0.29, 0.717) is 11.4 Å². The van der Waals surface area contributed by atoms with E-state index in [1.807, 2.05) is 23.9 Å². The third-order valence-electron chi connectivity index (χ3n) is 2.66. The van der Waals surface area contributed by atoms with Gasteiger partial charge in [-0.3, -0.25) is 0 Å². The van der Waals surface area contributed by atoms with E-state index in [9.17, 15) is 0 Å². The molecule has 3 heteroatoms. The van der Waals surface area contributed by atoms with E-state index in [4.69, 9.17) is 11.5 Å². The van der Waals surface area contributed by atoms with Gasteiger partial charge in [0.25, 0.3) is 0 Å². The van der Waals surface area contributed by atoms with E-state index in [2.05, 4.69) is 6.07 Å². The van der Waals surface area contributed by atoms with Crippen LogP contribution in [0.2, 0.25) is 0 Å². The lowest BCUT2D eigenvalue weighted by Crippen LogP contribution is -1.96. The van der Waals surface area contributed by atoms with Crippen LogP contribution in [0.5, 0.6) is 0 Å². The minimum atomic E-state index is 0.681. The Morgan fingerprint density at radius 2 is 1.79 bits per heavy atom. The number of rotatable bonds is 2. The smallest absolute Gasteiger partial charge is 0.0559 e. The molecular weight excluding hydrogens is 192 g/mol. The first-order chi connectivity index (χ1) is 6.75. The minimum absolute atomic E-state index is 0.681. The fourth-order valence-corrected chi connectivity index (χ4v) is 3.12. The van der Waals surface area contributed by atoms with E-state index < -0.39 is 0 Å². The molecular formula is C11H16N2S. The molecule has 0 unspecified atom stereocenters. The van der Waals surface area contributed by atoms with Crippen LogP contribution >= 0.6 is 11.8 Å². The van der Waals surface area contributed by atoms with Gasteiger partial charge in [0, 0.05) is 10.1 Å². The molecule has 0 bridgehead atoms. The summed E-state index contributed by atoms with van der Waals surface area (Å²) in [4.78, 5) is 1.25. The summed E-state index contributed by atoms with van der Waals surface area (Å²) in [6.45, 7) is 0. The van der Waals surface area contributed by atoms with Crippen LogP contribution in [0.15, 0.2) is 23.1 Å². The topological polar surface area (TPSA) is 52.0 Å². The van der Waals surface area contributed by atoms with Crippen LogP contribution in [0, 0.1) is 0 Å². The Hall–Kier alpha value is -0.830. The first-order valence-corrected chi connectivity index (χ1v) is 5.95. The highest BCUT2D eigenvalue weighted by molar-refractivity contribution is 8.00. The molecule has 1 aromatic carbocycles. The fourth-order valence-electron chi connectivity index (χ4n) is 1.82. The first kappa shape index (κ1) is 9.71. The van der Waals surface area contributed by atoms with E-state index in [0.717, 1.165) is 5.25 Å². The van der Waals surface area contributed by atoms with Crippen molar-refractivity contribution in [1.29, 1.82) is 0 Å². The van der Waals surface area contributed by atoms with Crippen molar-refractivity contribution in [1.82, 2.24) is 0 Å². The Balaban J connectivity index is 2.05. The predicted octanol–water partition coefficient (Wildman–Crippen LogP) is 2.89. The monoisotopic (exact) mass is 208 g/mol. The summed E-state index contributed by atoms with van der Waals surface area (Å²) in [5.41, 5.74) is 12.8. The van der Waals surface area contributed by atoms with E-state index in [1.165, 1.54) is 30.6 Å². The zero-order chi connectivity index (χ0) is 9.97. The number of anilines is 2. The molecule has 1 aliphatic carbocycles. The second-order valence-electron chi connectivity index (χ2n) is 3.82. The Kier molecular flexibility index (Phi) is 2.87. The second kappa shape index (κ2) is 4.13. The average Bonchev–Trinajstić information content (AvgIpc) is 2.64. The van der Waals surface area contributed by atoms with Crippen LogP contribution in [0.4, 0.5) is 11.4 Å². The van der Waals surface area contributed by atoms with Crippen LogP contribution in [0.3, 0.4) is 0 Å². The summed E-state index contributed by atoms with van der Waals surface area (Å²) in [7, 11) is 0. The number of thioether (sulfide) groups is 1. The molecule has 0 amide bonds. The van der Waals surface area contributed by atoms with Crippen molar-refractivity contribution in [3.63, 3.8) is 0 Å². The summed E-state index contributed by atoms with van der Waals surface area (Å²) in [6.07, 6.45) is 5.44. The average molecular weight is 208 g/mol. The van der Waals surface area contributed by atoms with Gasteiger partial charge < -0.3 is 11.5 Å². The summed E-state index contributed by atoms with van der Waals surface area (Å²) in [5, 5.41) is 0.790. The maximum Gasteiger partial charge on any atom is 0.0559 e. The van der Waals surface area contributed by atoms with Gasteiger partial charge in [0.05, 0.1) is 11.4 Å². The van der Waals surface area contributed by atoms with Gasteiger partial charge in [0.2, 0.25) is 0 Å². The van der Waals surface area contributed by atoms with Gasteiger partial charge in [0.15, 0.2) is 0 Å². The largest absolute Gasteiger partial charge is 0.397 e. The van der Waals surface area contributed by atoms with Gasteiger partial charge in [-0.25, -0.2) is 0 Å². The zero-order valence-electron chi connectivity index (χ0n) is 8.20. The normalized spacial score (nSPS) is 17.4. The molecule has 1 aliphatic rings. The van der Waals surface area contributed by atoms with E-state index in [-0.39, 0.29) is 0 Å². The van der Waals surface area contributed by atoms with Crippen molar-refractivity contribution in [2.75, 3.05) is 11.5 Å². The number of hydrogen-bond donors (Lipinski definition) is 2. The SMILES string of the molecule is Nc1ccc(SC2CCCC2)cc1N. The molecule has 0 spiro atoms. The number of nitrogens with two attached hydrogens (primary N) is 2. The molecule has 0 aromatic heterocycles. The van der Waals surface area contributed by atoms with Gasteiger partial charge in [-0.05, 0) is 31.0 Å². The van der Waals surface area contributed by atoms with Crippen LogP contribution in [-0.4, -0.2) is 5.25 Å². The Labute approximate surface area is 89.1 Å². The fraction of sp³-hybridized carbons (Fsp3) is 0.455. The highest BCUT2D eigenvalue weighted by Gasteiger charge is 2.16. The second-order valence-corrected chi connectivity index (χ2v) is 5.19. The van der Waals surface area contributed by atoms with Gasteiger partial charge in [0.1, 0.15) is 0 Å². The molecule has 4 N–H and O–H groups in total. The molecule has 1 aromatic rings. The first-order valence-electron chi connectivity index (χ1n) is 5.07. The molecule has 1 fully saturated rings. The molecule has 2 rings (SSSR count). The standard InChI is InChI=1S/C11H16N2S/c12-10-6-5-9(7-11(10)13)14-8-3-1-2-4-8/h5-8H,1-4,12-13H2. The Morgan fingerprint density at radius 1 is 1.07 bits per heavy atom. The Bertz CT molecular complexity index is 319. The molecule has 0 heterocycles. The predicted molar refractivity (Wildman–Crippen MR) is 63.4 cm³/mol. The van der Waals surface area contributed by atoms with Crippen molar-refractivity contribution >= 4 is 23.1 Å². The molecule has 1 saturated carbocycles. The van der Waals surface area contributed by atoms with Crippen LogP contribution in [0.1, 0.15) is 25.7 Å². The summed E-state index contributed by atoms with van der Waals surface area (Å²) in [6, 6.07) is 5.94.